The third kappa shape index (κ3) is 57.7. The van der Waals surface area contributed by atoms with E-state index < -0.39 is 88.1 Å². The molecule has 100 heavy (non-hydrogen) atoms. The molecule has 0 fully saturated rings. The number of hydrogen-bond donors (Lipinski definition) is 0. The monoisotopic (exact) mass is 1580 g/mol. The number of unbranched alkanes of at least 4 members (excludes halogenated alkanes) is 18. The van der Waals surface area contributed by atoms with E-state index >= 15 is 0 Å². The van der Waals surface area contributed by atoms with Crippen molar-refractivity contribution in [3.05, 3.63) is 125 Å². The van der Waals surface area contributed by atoms with Gasteiger partial charge in [-0.3, -0.25) is 9.13 Å². The number of halogens is 9. The number of allylic oxidation sites excluding steroid dienone is 6. The average molecular weight is 1580 g/mol. The van der Waals surface area contributed by atoms with Crippen molar-refractivity contribution in [2.24, 2.45) is 0 Å². The number of rotatable bonds is 46. The Hall–Kier alpha value is -1.53. The van der Waals surface area contributed by atoms with Crippen molar-refractivity contribution >= 4 is 52.3 Å². The molecule has 0 saturated heterocycles. The Kier molecular flexibility index (Phi) is 53.9. The summed E-state index contributed by atoms with van der Waals surface area (Å²) in [6.45, 7) is 7.14. The summed E-state index contributed by atoms with van der Waals surface area (Å²) in [5.74, 6) is -3.70. The summed E-state index contributed by atoms with van der Waals surface area (Å²) in [5, 5.41) is 0. The third-order valence-electron chi connectivity index (χ3n) is 13.6. The number of phosphoric ester groups is 1. The van der Waals surface area contributed by atoms with Gasteiger partial charge in [0, 0.05) is 26.3 Å². The van der Waals surface area contributed by atoms with Crippen LogP contribution < -0.4 is 118 Å². The van der Waals surface area contributed by atoms with Crippen molar-refractivity contribution in [2.45, 2.75) is 180 Å². The average Bonchev–Trinajstić information content (AvgIpc) is 0.869. The Bertz CT molecular complexity index is 3160. The Balaban J connectivity index is -0.00000141. The molecule has 0 N–H and O–H groups in total. The van der Waals surface area contributed by atoms with Gasteiger partial charge in [-0.2, -0.15) is 39.5 Å². The first-order valence-corrected chi connectivity index (χ1v) is 43.6. The van der Waals surface area contributed by atoms with Gasteiger partial charge in [0.05, 0.1) is 28.8 Å². The second-order valence-corrected chi connectivity index (χ2v) is 35.7. The van der Waals surface area contributed by atoms with Crippen molar-refractivity contribution in [1.29, 1.82) is 0 Å². The molecular formula is C64H95F9Na3O18P3S3. The topological polar surface area (TPSA) is 278 Å². The molecule has 0 amide bonds. The quantitative estimate of drug-likeness (QED) is 0.0192. The van der Waals surface area contributed by atoms with Gasteiger partial charge in [0.1, 0.15) is 44.9 Å². The zero-order valence-electron chi connectivity index (χ0n) is 58.9. The van der Waals surface area contributed by atoms with E-state index in [1.54, 1.807) is 24.3 Å². The first-order chi connectivity index (χ1) is 44.9. The van der Waals surface area contributed by atoms with Gasteiger partial charge >= 0.3 is 107 Å². The van der Waals surface area contributed by atoms with Crippen LogP contribution in [0, 0.1) is 0 Å². The van der Waals surface area contributed by atoms with Crippen LogP contribution in [0.25, 0.3) is 0 Å². The van der Waals surface area contributed by atoms with Crippen LogP contribution in [-0.4, -0.2) is 119 Å². The number of hydrogen-bond acceptors (Lipinski definition) is 18. The van der Waals surface area contributed by atoms with E-state index in [0.717, 1.165) is 64.2 Å². The Morgan fingerprint density at radius 3 is 0.880 bits per heavy atom. The molecule has 0 spiro atoms. The van der Waals surface area contributed by atoms with E-state index in [1.807, 2.05) is 0 Å². The van der Waals surface area contributed by atoms with Crippen LogP contribution in [0.1, 0.15) is 159 Å². The molecule has 3 aromatic rings. The second-order valence-electron chi connectivity index (χ2n) is 23.3. The summed E-state index contributed by atoms with van der Waals surface area (Å²) >= 11 is 0. The molecule has 3 aromatic carbocycles. The molecule has 0 bridgehead atoms. The zero-order chi connectivity index (χ0) is 73.5. The predicted molar refractivity (Wildman–Crippen MR) is 354 cm³/mol. The summed E-state index contributed by atoms with van der Waals surface area (Å²) in [5.41, 5.74) is 1.40. The number of phosphoric acid groups is 1. The number of sulfone groups is 3. The van der Waals surface area contributed by atoms with Gasteiger partial charge in [-0.15, -0.1) is 0 Å². The van der Waals surface area contributed by atoms with Crippen molar-refractivity contribution < 1.29 is 210 Å². The van der Waals surface area contributed by atoms with Crippen LogP contribution >= 0.6 is 22.8 Å². The molecular weight excluding hydrogens is 1490 g/mol. The minimum Gasteiger partial charge on any atom is -0.780 e. The summed E-state index contributed by atoms with van der Waals surface area (Å²) in [6.07, 6.45) is 10.3. The smallest absolute Gasteiger partial charge is 0.780 e. The van der Waals surface area contributed by atoms with Crippen LogP contribution in [-0.2, 0) is 76.0 Å². The molecule has 0 radical (unpaired) electrons. The van der Waals surface area contributed by atoms with Gasteiger partial charge in [0.2, 0.25) is 24.6 Å². The summed E-state index contributed by atoms with van der Waals surface area (Å²) in [6, 6.07) is 18.0. The van der Waals surface area contributed by atoms with E-state index in [0.29, 0.717) is 65.6 Å². The molecule has 0 aliphatic rings. The van der Waals surface area contributed by atoms with Crippen LogP contribution in [0.2, 0.25) is 0 Å². The van der Waals surface area contributed by atoms with Crippen molar-refractivity contribution in [3.63, 3.8) is 0 Å². The number of alkyl halides is 9. The molecule has 558 valence electrons. The second kappa shape index (κ2) is 52.5. The van der Waals surface area contributed by atoms with Crippen LogP contribution in [0.4, 0.5) is 39.5 Å². The Labute approximate surface area is 652 Å². The predicted octanol–water partition coefficient (Wildman–Crippen LogP) is 6.49. The van der Waals surface area contributed by atoms with E-state index in [1.165, 1.54) is 126 Å². The summed E-state index contributed by atoms with van der Waals surface area (Å²) < 4.78 is 248. The molecule has 18 nitrogen and oxygen atoms in total. The Morgan fingerprint density at radius 1 is 0.390 bits per heavy atom. The molecule has 36 heteroatoms. The van der Waals surface area contributed by atoms with Crippen molar-refractivity contribution in [2.75, 3.05) is 74.8 Å². The van der Waals surface area contributed by atoms with Crippen molar-refractivity contribution in [1.82, 2.24) is 0 Å². The maximum Gasteiger partial charge on any atom is 1.00 e. The fraction of sp³-hybridized carbons (Fsp3) is 0.625. The van der Waals surface area contributed by atoms with Gasteiger partial charge in [-0.05, 0) is 103 Å². The van der Waals surface area contributed by atoms with Gasteiger partial charge < -0.3 is 47.0 Å². The molecule has 1 unspecified atom stereocenters. The SMILES string of the molecule is CCCCCCCCCCCCS(=O)(=O)CCOc1ccc(C/C=C(\OP(C)(=O)[O-])C(F)(F)F)cc1.CCCCCCCCCCCCS(=O)(=O)CCOc1ccc(C/C=C(\OP(C)(C)=O)C(F)(F)F)cc1.CS(=O)(=O)CCOc1ccc(C/C=C(\OP(=O)([O-])[O-])C(F)(F)F)cc1.[Na+].[Na+].[Na+]. The van der Waals surface area contributed by atoms with Gasteiger partial charge in [0.15, 0.2) is 37.1 Å². The van der Waals surface area contributed by atoms with E-state index in [4.69, 9.17) is 14.2 Å². The van der Waals surface area contributed by atoms with Crippen LogP contribution in [0.15, 0.2) is 108 Å². The van der Waals surface area contributed by atoms with Gasteiger partial charge in [0.25, 0.3) is 0 Å². The molecule has 0 heterocycles. The molecule has 3 rings (SSSR count). The zero-order valence-corrected chi connectivity index (χ0v) is 70.0. The molecule has 0 aromatic heterocycles. The van der Waals surface area contributed by atoms with E-state index in [-0.39, 0.29) is 157 Å². The maximum atomic E-state index is 13.1. The molecule has 0 saturated carbocycles. The first kappa shape index (κ1) is 103. The maximum absolute atomic E-state index is 13.1. The fourth-order valence-electron chi connectivity index (χ4n) is 8.65. The fourth-order valence-corrected chi connectivity index (χ4v) is 13.0. The summed E-state index contributed by atoms with van der Waals surface area (Å²) in [7, 11) is -23.4. The minimum absolute atomic E-state index is 0. The standard InChI is InChI=1S/C26H42F3O5PS.C25H40F3O6PS.C13H16F3O7PS.3Na/c1-4-5-6-7-8-9-10-11-12-13-21-36(31,32)22-20-33-24-17-14-23(15-18-24)16-19-25(26(27,28)29)34-35(2,3)30;1-3-4-5-6-7-8-9-10-11-12-20-36(31,32)21-19-33-23-16-13-22(14-17-23)15-18-24(25(26,27)28)34-35(2,29)30;1-25(20,21)9-8-22-11-5-2-10(3-6-11)4-7-12(13(14,15)16)23-24(17,18)19;;;/h14-15,17-19H,4-13,16,20-22H2,1-3H3;13-14,16-18H,3-12,15,19-21H2,1-2H3,(H,29,30);2-3,5-7H,4,8-9H2,1H3,(H2,17,18,19);;;/q;;;3*+1/p-3/b25-19-;24-18-;12-7-;;;. The summed E-state index contributed by atoms with van der Waals surface area (Å²) in [4.78, 5) is 31.8. The van der Waals surface area contributed by atoms with Crippen LogP contribution in [0.3, 0.4) is 0 Å². The number of benzene rings is 3. The van der Waals surface area contributed by atoms with Gasteiger partial charge in [-0.1, -0.05) is 166 Å². The normalized spacial score (nSPS) is 13.3. The number of ether oxygens (including phenoxy) is 3. The van der Waals surface area contributed by atoms with Crippen LogP contribution in [0.5, 0.6) is 17.2 Å². The third-order valence-corrected chi connectivity index (χ3v) is 19.5. The first-order valence-electron chi connectivity index (χ1n) is 31.9. The molecule has 0 aliphatic carbocycles. The van der Waals surface area contributed by atoms with E-state index in [2.05, 4.69) is 27.4 Å². The largest absolute Gasteiger partial charge is 1.00 e. The van der Waals surface area contributed by atoms with E-state index in [9.17, 15) is 93.1 Å². The van der Waals surface area contributed by atoms with Gasteiger partial charge in [-0.25, -0.2) is 25.3 Å². The van der Waals surface area contributed by atoms with Crippen molar-refractivity contribution in [3.8, 4) is 17.2 Å². The molecule has 1 atom stereocenters. The Morgan fingerprint density at radius 2 is 0.640 bits per heavy atom. The minimum atomic E-state index is -5.83. The molecule has 0 aliphatic heterocycles.